The zero-order valence-electron chi connectivity index (χ0n) is 15.5. The molecule has 0 aliphatic rings. The summed E-state index contributed by atoms with van der Waals surface area (Å²) in [5.41, 5.74) is 1.43. The van der Waals surface area contributed by atoms with Gasteiger partial charge < -0.3 is 14.8 Å². The summed E-state index contributed by atoms with van der Waals surface area (Å²) in [6, 6.07) is 12.8. The molecule has 0 unspecified atom stereocenters. The lowest BCUT2D eigenvalue weighted by atomic mass is 10.1. The standard InChI is InChI=1S/C21H26ClNO3/c1-4-6-15(3)23-21(24)16-7-12-20(25-5-2)17(13-16)14-26-19-10-8-18(22)9-11-19/h7-13,15H,4-6,14H2,1-3H3,(H,23,24)/t15-/m1/s1. The second kappa shape index (κ2) is 10.1. The van der Waals surface area contributed by atoms with Crippen LogP contribution in [0.25, 0.3) is 0 Å². The van der Waals surface area contributed by atoms with Crippen LogP contribution in [0.15, 0.2) is 42.5 Å². The van der Waals surface area contributed by atoms with Gasteiger partial charge in [-0.15, -0.1) is 0 Å². The molecule has 2 rings (SSSR count). The van der Waals surface area contributed by atoms with Crippen LogP contribution in [-0.4, -0.2) is 18.6 Å². The highest BCUT2D eigenvalue weighted by Crippen LogP contribution is 2.23. The van der Waals surface area contributed by atoms with Gasteiger partial charge in [-0.3, -0.25) is 4.79 Å². The van der Waals surface area contributed by atoms with Crippen LogP contribution < -0.4 is 14.8 Å². The molecule has 1 atom stereocenters. The number of hydrogen-bond donors (Lipinski definition) is 1. The number of rotatable bonds is 9. The van der Waals surface area contributed by atoms with Gasteiger partial charge >= 0.3 is 0 Å². The van der Waals surface area contributed by atoms with Crippen molar-refractivity contribution in [3.05, 3.63) is 58.6 Å². The Labute approximate surface area is 160 Å². The van der Waals surface area contributed by atoms with Crippen molar-refractivity contribution in [1.82, 2.24) is 5.32 Å². The van der Waals surface area contributed by atoms with E-state index < -0.39 is 0 Å². The van der Waals surface area contributed by atoms with Gasteiger partial charge in [0.05, 0.1) is 6.61 Å². The maximum atomic E-state index is 12.5. The summed E-state index contributed by atoms with van der Waals surface area (Å²) in [5.74, 6) is 1.35. The van der Waals surface area contributed by atoms with Gasteiger partial charge in [-0.2, -0.15) is 0 Å². The topological polar surface area (TPSA) is 47.6 Å². The number of carbonyl (C=O) groups is 1. The molecule has 0 fully saturated rings. The van der Waals surface area contributed by atoms with Crippen LogP contribution in [0.5, 0.6) is 11.5 Å². The highest BCUT2D eigenvalue weighted by molar-refractivity contribution is 6.30. The number of halogens is 1. The van der Waals surface area contributed by atoms with Crippen molar-refractivity contribution in [2.45, 2.75) is 46.3 Å². The van der Waals surface area contributed by atoms with E-state index in [1.54, 1.807) is 18.2 Å². The summed E-state index contributed by atoms with van der Waals surface area (Å²) in [6.07, 6.45) is 1.99. The Hall–Kier alpha value is -2.20. The Kier molecular flexibility index (Phi) is 7.79. The molecule has 2 aromatic rings. The molecule has 1 N–H and O–H groups in total. The number of carbonyl (C=O) groups excluding carboxylic acids is 1. The summed E-state index contributed by atoms with van der Waals surface area (Å²) < 4.78 is 11.5. The van der Waals surface area contributed by atoms with Crippen LogP contribution in [0.2, 0.25) is 5.02 Å². The van der Waals surface area contributed by atoms with Crippen LogP contribution in [0.3, 0.4) is 0 Å². The fraction of sp³-hybridized carbons (Fsp3) is 0.381. The van der Waals surface area contributed by atoms with Gasteiger partial charge in [-0.25, -0.2) is 0 Å². The van der Waals surface area contributed by atoms with Crippen molar-refractivity contribution in [3.63, 3.8) is 0 Å². The lowest BCUT2D eigenvalue weighted by Gasteiger charge is -2.15. The maximum Gasteiger partial charge on any atom is 0.251 e. The molecule has 0 heterocycles. The molecular weight excluding hydrogens is 350 g/mol. The first-order valence-corrected chi connectivity index (χ1v) is 9.36. The molecule has 140 valence electrons. The van der Waals surface area contributed by atoms with Gasteiger partial charge in [0.25, 0.3) is 5.91 Å². The van der Waals surface area contributed by atoms with Crippen LogP contribution in [0, 0.1) is 0 Å². The fourth-order valence-electron chi connectivity index (χ4n) is 2.63. The Morgan fingerprint density at radius 3 is 2.50 bits per heavy atom. The number of nitrogens with one attached hydrogen (secondary N) is 1. The molecule has 0 saturated heterocycles. The van der Waals surface area contributed by atoms with Crippen molar-refractivity contribution < 1.29 is 14.3 Å². The molecule has 2 aromatic carbocycles. The van der Waals surface area contributed by atoms with Gasteiger partial charge in [0, 0.05) is 22.2 Å². The van der Waals surface area contributed by atoms with E-state index in [-0.39, 0.29) is 11.9 Å². The quantitative estimate of drug-likeness (QED) is 0.652. The van der Waals surface area contributed by atoms with Gasteiger partial charge in [0.15, 0.2) is 0 Å². The second-order valence-electron chi connectivity index (χ2n) is 6.16. The number of ether oxygens (including phenoxy) is 2. The summed E-state index contributed by atoms with van der Waals surface area (Å²) in [4.78, 5) is 12.5. The largest absolute Gasteiger partial charge is 0.493 e. The van der Waals surface area contributed by atoms with E-state index in [1.165, 1.54) is 0 Å². The fourth-order valence-corrected chi connectivity index (χ4v) is 2.76. The molecule has 26 heavy (non-hydrogen) atoms. The lowest BCUT2D eigenvalue weighted by Crippen LogP contribution is -2.32. The molecule has 1 amide bonds. The normalized spacial score (nSPS) is 11.7. The summed E-state index contributed by atoms with van der Waals surface area (Å²) in [6.45, 7) is 6.90. The summed E-state index contributed by atoms with van der Waals surface area (Å²) >= 11 is 5.89. The zero-order valence-corrected chi connectivity index (χ0v) is 16.3. The molecule has 0 aliphatic carbocycles. The lowest BCUT2D eigenvalue weighted by molar-refractivity contribution is 0.0938. The molecule has 0 spiro atoms. The molecule has 0 aromatic heterocycles. The Morgan fingerprint density at radius 2 is 1.85 bits per heavy atom. The smallest absolute Gasteiger partial charge is 0.251 e. The van der Waals surface area contributed by atoms with Gasteiger partial charge in [0.1, 0.15) is 18.1 Å². The van der Waals surface area contributed by atoms with Crippen LogP contribution in [0.1, 0.15) is 49.5 Å². The molecule has 5 heteroatoms. The van der Waals surface area contributed by atoms with Gasteiger partial charge in [-0.1, -0.05) is 24.9 Å². The molecule has 0 aliphatic heterocycles. The van der Waals surface area contributed by atoms with Gasteiger partial charge in [-0.05, 0) is 62.7 Å². The molecule has 0 bridgehead atoms. The minimum Gasteiger partial charge on any atom is -0.493 e. The van der Waals surface area contributed by atoms with E-state index in [2.05, 4.69) is 12.2 Å². The first kappa shape index (κ1) is 20.1. The van der Waals surface area contributed by atoms with E-state index in [9.17, 15) is 4.79 Å². The zero-order chi connectivity index (χ0) is 18.9. The third kappa shape index (κ3) is 5.95. The van der Waals surface area contributed by atoms with Crippen molar-refractivity contribution >= 4 is 17.5 Å². The number of benzene rings is 2. The van der Waals surface area contributed by atoms with E-state index in [0.717, 1.165) is 24.2 Å². The Balaban J connectivity index is 2.13. The summed E-state index contributed by atoms with van der Waals surface area (Å²) in [5, 5.41) is 3.68. The monoisotopic (exact) mass is 375 g/mol. The van der Waals surface area contributed by atoms with E-state index in [0.29, 0.717) is 29.5 Å². The van der Waals surface area contributed by atoms with E-state index >= 15 is 0 Å². The second-order valence-corrected chi connectivity index (χ2v) is 6.60. The molecule has 0 radical (unpaired) electrons. The third-order valence-corrected chi connectivity index (χ3v) is 4.18. The van der Waals surface area contributed by atoms with Crippen LogP contribution >= 0.6 is 11.6 Å². The van der Waals surface area contributed by atoms with Gasteiger partial charge in [0.2, 0.25) is 0 Å². The third-order valence-electron chi connectivity index (χ3n) is 3.93. The Bertz CT molecular complexity index is 716. The van der Waals surface area contributed by atoms with Crippen molar-refractivity contribution in [1.29, 1.82) is 0 Å². The average Bonchev–Trinajstić information content (AvgIpc) is 2.62. The van der Waals surface area contributed by atoms with Crippen molar-refractivity contribution in [2.75, 3.05) is 6.61 Å². The minimum absolute atomic E-state index is 0.0817. The first-order chi connectivity index (χ1) is 12.5. The minimum atomic E-state index is -0.0817. The molecule has 0 saturated carbocycles. The SMILES string of the molecule is CCC[C@@H](C)NC(=O)c1ccc(OCC)c(COc2ccc(Cl)cc2)c1. The highest BCUT2D eigenvalue weighted by Gasteiger charge is 2.13. The van der Waals surface area contributed by atoms with Crippen LogP contribution in [0.4, 0.5) is 0 Å². The predicted molar refractivity (Wildman–Crippen MR) is 105 cm³/mol. The van der Waals surface area contributed by atoms with Crippen molar-refractivity contribution in [3.8, 4) is 11.5 Å². The first-order valence-electron chi connectivity index (χ1n) is 8.98. The maximum absolute atomic E-state index is 12.5. The highest BCUT2D eigenvalue weighted by atomic mass is 35.5. The van der Waals surface area contributed by atoms with E-state index in [1.807, 2.05) is 38.1 Å². The van der Waals surface area contributed by atoms with Crippen molar-refractivity contribution in [2.24, 2.45) is 0 Å². The predicted octanol–water partition coefficient (Wildman–Crippen LogP) is 5.24. The number of amides is 1. The van der Waals surface area contributed by atoms with Crippen LogP contribution in [-0.2, 0) is 6.61 Å². The Morgan fingerprint density at radius 1 is 1.12 bits per heavy atom. The average molecular weight is 376 g/mol. The van der Waals surface area contributed by atoms with E-state index in [4.69, 9.17) is 21.1 Å². The summed E-state index contributed by atoms with van der Waals surface area (Å²) in [7, 11) is 0. The molecular formula is C21H26ClNO3. The molecule has 4 nitrogen and oxygen atoms in total. The number of hydrogen-bond acceptors (Lipinski definition) is 3.